The van der Waals surface area contributed by atoms with E-state index in [4.69, 9.17) is 4.74 Å². The van der Waals surface area contributed by atoms with Gasteiger partial charge >= 0.3 is 0 Å². The summed E-state index contributed by atoms with van der Waals surface area (Å²) in [5.74, 6) is -0.140. The summed E-state index contributed by atoms with van der Waals surface area (Å²) in [6, 6.07) is 13.7. The van der Waals surface area contributed by atoms with Gasteiger partial charge in [0.25, 0.3) is 5.91 Å². The van der Waals surface area contributed by atoms with Gasteiger partial charge in [0.15, 0.2) is 11.4 Å². The van der Waals surface area contributed by atoms with Crippen LogP contribution < -0.4 is 9.64 Å². The van der Waals surface area contributed by atoms with Crippen molar-refractivity contribution in [1.82, 2.24) is 0 Å². The lowest BCUT2D eigenvalue weighted by atomic mass is 9.88. The first-order chi connectivity index (χ1) is 12.5. The maximum absolute atomic E-state index is 12.8. The van der Waals surface area contributed by atoms with Crippen molar-refractivity contribution in [2.24, 2.45) is 0 Å². The number of ether oxygens (including phenoxy) is 1. The van der Waals surface area contributed by atoms with Crippen molar-refractivity contribution in [1.29, 1.82) is 0 Å². The van der Waals surface area contributed by atoms with E-state index in [1.54, 1.807) is 54.6 Å². The van der Waals surface area contributed by atoms with Gasteiger partial charge in [0.2, 0.25) is 0 Å². The van der Waals surface area contributed by atoms with Crippen molar-refractivity contribution in [3.05, 3.63) is 72.3 Å². The number of fused-ring (bicyclic) bond motifs is 1. The Morgan fingerprint density at radius 2 is 1.92 bits per heavy atom. The molecule has 1 aliphatic rings. The summed E-state index contributed by atoms with van der Waals surface area (Å²) < 4.78 is 5.37. The van der Waals surface area contributed by atoms with Crippen LogP contribution in [0, 0.1) is 0 Å². The Balaban J connectivity index is 1.89. The highest BCUT2D eigenvalue weighted by Crippen LogP contribution is 2.42. The standard InChI is InChI=1S/C21H21NO4/c1-3-13-22-18-8-6-5-7-17(18)21(25,20(22)24)14-19(23)15-9-11-16(12-10-15)26-4-2/h3,5-12,25H,1,4,13-14H2,2H3/t21-/m0/s1. The van der Waals surface area contributed by atoms with Crippen molar-refractivity contribution in [2.45, 2.75) is 18.9 Å². The number of amides is 1. The molecule has 1 atom stereocenters. The van der Waals surface area contributed by atoms with Gasteiger partial charge in [-0.3, -0.25) is 9.59 Å². The predicted molar refractivity (Wildman–Crippen MR) is 99.4 cm³/mol. The molecule has 0 unspecified atom stereocenters. The Labute approximate surface area is 152 Å². The fourth-order valence-corrected chi connectivity index (χ4v) is 3.23. The Morgan fingerprint density at radius 3 is 2.58 bits per heavy atom. The molecule has 2 aromatic rings. The molecule has 5 heteroatoms. The molecule has 134 valence electrons. The highest BCUT2D eigenvalue weighted by Gasteiger charge is 2.50. The Bertz CT molecular complexity index is 843. The van der Waals surface area contributed by atoms with E-state index in [-0.39, 0.29) is 18.7 Å². The highest BCUT2D eigenvalue weighted by atomic mass is 16.5. The number of carbonyl (C=O) groups is 2. The average Bonchev–Trinajstić information content (AvgIpc) is 2.85. The molecule has 26 heavy (non-hydrogen) atoms. The lowest BCUT2D eigenvalue weighted by Crippen LogP contribution is -2.41. The summed E-state index contributed by atoms with van der Waals surface area (Å²) in [5.41, 5.74) is -0.380. The SMILES string of the molecule is C=CCN1C(=O)[C@](O)(CC(=O)c2ccc(OCC)cc2)c2ccccc21. The average molecular weight is 351 g/mol. The van der Waals surface area contributed by atoms with Gasteiger partial charge in [-0.15, -0.1) is 6.58 Å². The molecule has 0 spiro atoms. The number of rotatable bonds is 7. The van der Waals surface area contributed by atoms with Crippen LogP contribution in [0.4, 0.5) is 5.69 Å². The van der Waals surface area contributed by atoms with Crippen molar-refractivity contribution < 1.29 is 19.4 Å². The molecule has 0 aromatic heterocycles. The van der Waals surface area contributed by atoms with Crippen LogP contribution in [-0.2, 0) is 10.4 Å². The maximum Gasteiger partial charge on any atom is 0.264 e. The molecule has 1 amide bonds. The minimum absolute atomic E-state index is 0.273. The number of aliphatic hydroxyl groups is 1. The third-order valence-electron chi connectivity index (χ3n) is 4.45. The number of ketones is 1. The number of hydrogen-bond acceptors (Lipinski definition) is 4. The predicted octanol–water partition coefficient (Wildman–Crippen LogP) is 3.08. The molecule has 1 N–H and O–H groups in total. The van der Waals surface area contributed by atoms with Gasteiger partial charge in [-0.1, -0.05) is 24.3 Å². The van der Waals surface area contributed by atoms with Crippen LogP contribution in [0.3, 0.4) is 0 Å². The van der Waals surface area contributed by atoms with Crippen LogP contribution in [-0.4, -0.2) is 29.9 Å². The third-order valence-corrected chi connectivity index (χ3v) is 4.45. The number of para-hydroxylation sites is 1. The fraction of sp³-hybridized carbons (Fsp3) is 0.238. The number of hydrogen-bond donors (Lipinski definition) is 1. The molecule has 2 aromatic carbocycles. The van der Waals surface area contributed by atoms with Crippen LogP contribution in [0.25, 0.3) is 0 Å². The van der Waals surface area contributed by atoms with E-state index in [1.807, 2.05) is 6.92 Å². The molecule has 0 bridgehead atoms. The van der Waals surface area contributed by atoms with Crippen LogP contribution in [0.1, 0.15) is 29.3 Å². The smallest absolute Gasteiger partial charge is 0.264 e. The van der Waals surface area contributed by atoms with E-state index in [2.05, 4.69) is 6.58 Å². The van der Waals surface area contributed by atoms with E-state index in [1.165, 1.54) is 4.90 Å². The van der Waals surface area contributed by atoms with E-state index >= 15 is 0 Å². The molecule has 1 heterocycles. The molecular formula is C21H21NO4. The Morgan fingerprint density at radius 1 is 1.23 bits per heavy atom. The number of nitrogens with zero attached hydrogens (tertiary/aromatic N) is 1. The van der Waals surface area contributed by atoms with Gasteiger partial charge in [0, 0.05) is 17.7 Å². The summed E-state index contributed by atoms with van der Waals surface area (Å²) in [4.78, 5) is 27.0. The summed E-state index contributed by atoms with van der Waals surface area (Å²) >= 11 is 0. The van der Waals surface area contributed by atoms with E-state index in [0.29, 0.717) is 29.2 Å². The zero-order valence-corrected chi connectivity index (χ0v) is 14.6. The van der Waals surface area contributed by atoms with Crippen molar-refractivity contribution in [2.75, 3.05) is 18.1 Å². The van der Waals surface area contributed by atoms with Gasteiger partial charge < -0.3 is 14.7 Å². The van der Waals surface area contributed by atoms with Gasteiger partial charge in [-0.2, -0.15) is 0 Å². The van der Waals surface area contributed by atoms with E-state index < -0.39 is 11.5 Å². The summed E-state index contributed by atoms with van der Waals surface area (Å²) in [7, 11) is 0. The van der Waals surface area contributed by atoms with Crippen molar-refractivity contribution >= 4 is 17.4 Å². The normalized spacial score (nSPS) is 18.5. The van der Waals surface area contributed by atoms with Crippen LogP contribution >= 0.6 is 0 Å². The van der Waals surface area contributed by atoms with Gasteiger partial charge in [-0.25, -0.2) is 0 Å². The molecule has 1 aliphatic heterocycles. The lowest BCUT2D eigenvalue weighted by Gasteiger charge is -2.22. The second kappa shape index (κ2) is 7.14. The zero-order valence-electron chi connectivity index (χ0n) is 14.6. The second-order valence-corrected chi connectivity index (χ2v) is 6.14. The van der Waals surface area contributed by atoms with Gasteiger partial charge in [-0.05, 0) is 37.3 Å². The summed E-state index contributed by atoms with van der Waals surface area (Å²) in [5, 5.41) is 11.1. The number of carbonyl (C=O) groups excluding carboxylic acids is 2. The first kappa shape index (κ1) is 17.9. The molecule has 0 saturated heterocycles. The molecule has 3 rings (SSSR count). The Hall–Kier alpha value is -2.92. The lowest BCUT2D eigenvalue weighted by molar-refractivity contribution is -0.135. The monoisotopic (exact) mass is 351 g/mol. The molecule has 0 radical (unpaired) electrons. The summed E-state index contributed by atoms with van der Waals surface area (Å²) in [6.45, 7) is 6.35. The second-order valence-electron chi connectivity index (χ2n) is 6.14. The largest absolute Gasteiger partial charge is 0.494 e. The number of anilines is 1. The topological polar surface area (TPSA) is 66.8 Å². The fourth-order valence-electron chi connectivity index (χ4n) is 3.23. The highest BCUT2D eigenvalue weighted by molar-refractivity contribution is 6.10. The van der Waals surface area contributed by atoms with Crippen molar-refractivity contribution in [3.8, 4) is 5.75 Å². The van der Waals surface area contributed by atoms with Gasteiger partial charge in [0.1, 0.15) is 5.75 Å². The van der Waals surface area contributed by atoms with Crippen LogP contribution in [0.2, 0.25) is 0 Å². The Kier molecular flexibility index (Phi) is 4.91. The first-order valence-electron chi connectivity index (χ1n) is 8.52. The van der Waals surface area contributed by atoms with Gasteiger partial charge in [0.05, 0.1) is 18.7 Å². The quantitative estimate of drug-likeness (QED) is 0.615. The van der Waals surface area contributed by atoms with E-state index in [9.17, 15) is 14.7 Å². The maximum atomic E-state index is 12.8. The van der Waals surface area contributed by atoms with Crippen molar-refractivity contribution in [3.63, 3.8) is 0 Å². The zero-order chi connectivity index (χ0) is 18.7. The first-order valence-corrected chi connectivity index (χ1v) is 8.52. The van der Waals surface area contributed by atoms with E-state index in [0.717, 1.165) is 0 Å². The summed E-state index contributed by atoms with van der Waals surface area (Å²) in [6.07, 6.45) is 1.28. The third kappa shape index (κ3) is 3.02. The van der Waals surface area contributed by atoms with Crippen LogP contribution in [0.5, 0.6) is 5.75 Å². The molecule has 0 fully saturated rings. The molecule has 5 nitrogen and oxygen atoms in total. The minimum Gasteiger partial charge on any atom is -0.494 e. The molecule has 0 saturated carbocycles. The molecular weight excluding hydrogens is 330 g/mol. The van der Waals surface area contributed by atoms with Crippen LogP contribution in [0.15, 0.2) is 61.2 Å². The number of Topliss-reactive ketones (excluding diaryl/α,β-unsaturated/α-hetero) is 1. The number of benzene rings is 2. The molecule has 0 aliphatic carbocycles. The minimum atomic E-state index is -1.87.